The zero-order valence-electron chi connectivity index (χ0n) is 9.98. The van der Waals surface area contributed by atoms with E-state index in [-0.39, 0.29) is 0 Å². The van der Waals surface area contributed by atoms with Gasteiger partial charge in [-0.1, -0.05) is 13.8 Å². The van der Waals surface area contributed by atoms with E-state index in [1.807, 2.05) is 0 Å². The molecule has 16 heavy (non-hydrogen) atoms. The van der Waals surface area contributed by atoms with E-state index in [1.54, 1.807) is 11.3 Å². The van der Waals surface area contributed by atoms with Crippen LogP contribution in [0.2, 0.25) is 0 Å². The normalized spacial score (nSPS) is 15.4. The molecule has 0 unspecified atom stereocenters. The van der Waals surface area contributed by atoms with Crippen molar-refractivity contribution in [1.29, 1.82) is 0 Å². The summed E-state index contributed by atoms with van der Waals surface area (Å²) < 4.78 is 0. The first-order chi connectivity index (χ1) is 7.66. The molecule has 1 aliphatic rings. The first kappa shape index (κ1) is 11.6. The van der Waals surface area contributed by atoms with E-state index in [9.17, 15) is 4.79 Å². The second-order valence-corrected chi connectivity index (χ2v) is 5.76. The number of carbonyl (C=O) groups excluding carboxylic acids is 1. The van der Waals surface area contributed by atoms with Crippen molar-refractivity contribution in [2.45, 2.75) is 45.7 Å². The van der Waals surface area contributed by atoms with Crippen molar-refractivity contribution in [3.63, 3.8) is 0 Å². The number of rotatable bonds is 5. The minimum absolute atomic E-state index is 0.323. The van der Waals surface area contributed by atoms with Crippen LogP contribution >= 0.6 is 11.3 Å². The standard InChI is InChI=1S/C13H19NOS/c1-10(2)7-13(15)14(12-3-4-12)8-11-5-6-16-9-11/h5-6,9-10,12H,3-4,7-8H2,1-2H3. The van der Waals surface area contributed by atoms with Crippen LogP contribution in [0, 0.1) is 5.92 Å². The van der Waals surface area contributed by atoms with E-state index < -0.39 is 0 Å². The lowest BCUT2D eigenvalue weighted by Gasteiger charge is -2.23. The highest BCUT2D eigenvalue weighted by atomic mass is 32.1. The van der Waals surface area contributed by atoms with Gasteiger partial charge in [0.1, 0.15) is 0 Å². The Hall–Kier alpha value is -0.830. The van der Waals surface area contributed by atoms with Crippen LogP contribution in [0.25, 0.3) is 0 Å². The number of thiophene rings is 1. The summed E-state index contributed by atoms with van der Waals surface area (Å²) in [5, 5.41) is 4.21. The van der Waals surface area contributed by atoms with Crippen molar-refractivity contribution >= 4 is 17.2 Å². The summed E-state index contributed by atoms with van der Waals surface area (Å²) in [6, 6.07) is 2.63. The van der Waals surface area contributed by atoms with Crippen LogP contribution in [0.4, 0.5) is 0 Å². The molecule has 2 nitrogen and oxygen atoms in total. The summed E-state index contributed by atoms with van der Waals surface area (Å²) in [4.78, 5) is 14.2. The number of nitrogens with zero attached hydrogens (tertiary/aromatic N) is 1. The average Bonchev–Trinajstić information content (AvgIpc) is 2.91. The molecule has 0 bridgehead atoms. The summed E-state index contributed by atoms with van der Waals surface area (Å²) in [6.07, 6.45) is 3.06. The summed E-state index contributed by atoms with van der Waals surface area (Å²) in [6.45, 7) is 5.01. The van der Waals surface area contributed by atoms with Gasteiger partial charge in [0.05, 0.1) is 0 Å². The Kier molecular flexibility index (Phi) is 3.64. The first-order valence-electron chi connectivity index (χ1n) is 5.97. The molecule has 1 aliphatic carbocycles. The van der Waals surface area contributed by atoms with Crippen LogP contribution in [0.15, 0.2) is 16.8 Å². The van der Waals surface area contributed by atoms with Gasteiger partial charge in [0.25, 0.3) is 0 Å². The minimum Gasteiger partial charge on any atom is -0.335 e. The Balaban J connectivity index is 1.97. The van der Waals surface area contributed by atoms with E-state index in [2.05, 4.69) is 35.6 Å². The largest absolute Gasteiger partial charge is 0.335 e. The zero-order valence-corrected chi connectivity index (χ0v) is 10.8. The van der Waals surface area contributed by atoms with Gasteiger partial charge in [-0.2, -0.15) is 11.3 Å². The Morgan fingerprint density at radius 1 is 1.56 bits per heavy atom. The quantitative estimate of drug-likeness (QED) is 0.769. The molecule has 2 rings (SSSR count). The number of hydrogen-bond acceptors (Lipinski definition) is 2. The van der Waals surface area contributed by atoms with Crippen molar-refractivity contribution in [2.75, 3.05) is 0 Å². The molecule has 1 amide bonds. The van der Waals surface area contributed by atoms with Crippen molar-refractivity contribution in [3.8, 4) is 0 Å². The van der Waals surface area contributed by atoms with Gasteiger partial charge in [0.15, 0.2) is 0 Å². The molecule has 1 heterocycles. The van der Waals surface area contributed by atoms with Crippen molar-refractivity contribution in [2.24, 2.45) is 5.92 Å². The molecule has 3 heteroatoms. The molecule has 1 fully saturated rings. The molecule has 0 aromatic carbocycles. The molecule has 1 saturated carbocycles. The smallest absolute Gasteiger partial charge is 0.223 e. The van der Waals surface area contributed by atoms with Crippen LogP contribution < -0.4 is 0 Å². The number of amides is 1. The third kappa shape index (κ3) is 3.08. The predicted molar refractivity (Wildman–Crippen MR) is 67.3 cm³/mol. The van der Waals surface area contributed by atoms with Crippen LogP contribution in [-0.4, -0.2) is 16.8 Å². The van der Waals surface area contributed by atoms with Gasteiger partial charge in [-0.05, 0) is 41.1 Å². The maximum absolute atomic E-state index is 12.1. The lowest BCUT2D eigenvalue weighted by molar-refractivity contribution is -0.133. The maximum atomic E-state index is 12.1. The molecule has 0 N–H and O–H groups in total. The van der Waals surface area contributed by atoms with E-state index >= 15 is 0 Å². The van der Waals surface area contributed by atoms with Crippen molar-refractivity contribution in [1.82, 2.24) is 4.90 Å². The third-order valence-corrected chi connectivity index (χ3v) is 3.56. The summed E-state index contributed by atoms with van der Waals surface area (Å²) in [5.74, 6) is 0.778. The zero-order chi connectivity index (χ0) is 11.5. The topological polar surface area (TPSA) is 20.3 Å². The first-order valence-corrected chi connectivity index (χ1v) is 6.91. The highest BCUT2D eigenvalue weighted by Gasteiger charge is 2.32. The molecule has 0 saturated heterocycles. The fourth-order valence-electron chi connectivity index (χ4n) is 1.85. The lowest BCUT2D eigenvalue weighted by Crippen LogP contribution is -2.33. The molecule has 0 radical (unpaired) electrons. The molecule has 1 aromatic heterocycles. The molecular formula is C13H19NOS. The highest BCUT2D eigenvalue weighted by molar-refractivity contribution is 7.07. The van der Waals surface area contributed by atoms with Crippen LogP contribution in [0.3, 0.4) is 0 Å². The molecule has 88 valence electrons. The van der Waals surface area contributed by atoms with Crippen molar-refractivity contribution < 1.29 is 4.79 Å². The Bertz CT molecular complexity index is 341. The maximum Gasteiger partial charge on any atom is 0.223 e. The fourth-order valence-corrected chi connectivity index (χ4v) is 2.51. The summed E-state index contributed by atoms with van der Waals surface area (Å²) in [7, 11) is 0. The van der Waals surface area contributed by atoms with Crippen molar-refractivity contribution in [3.05, 3.63) is 22.4 Å². The van der Waals surface area contributed by atoms with Gasteiger partial charge in [-0.25, -0.2) is 0 Å². The fraction of sp³-hybridized carbons (Fsp3) is 0.615. The van der Waals surface area contributed by atoms with E-state index in [4.69, 9.17) is 0 Å². The van der Waals surface area contributed by atoms with E-state index in [0.29, 0.717) is 24.3 Å². The third-order valence-electron chi connectivity index (χ3n) is 2.82. The van der Waals surface area contributed by atoms with Gasteiger partial charge >= 0.3 is 0 Å². The van der Waals surface area contributed by atoms with E-state index in [1.165, 1.54) is 18.4 Å². The number of carbonyl (C=O) groups is 1. The van der Waals surface area contributed by atoms with Crippen LogP contribution in [-0.2, 0) is 11.3 Å². The van der Waals surface area contributed by atoms with Gasteiger partial charge in [0, 0.05) is 19.0 Å². The van der Waals surface area contributed by atoms with E-state index in [0.717, 1.165) is 6.54 Å². The van der Waals surface area contributed by atoms with Crippen LogP contribution in [0.1, 0.15) is 38.7 Å². The second kappa shape index (κ2) is 5.00. The highest BCUT2D eigenvalue weighted by Crippen LogP contribution is 2.29. The van der Waals surface area contributed by atoms with Gasteiger partial charge in [0.2, 0.25) is 5.91 Å². The van der Waals surface area contributed by atoms with Crippen LogP contribution in [0.5, 0.6) is 0 Å². The van der Waals surface area contributed by atoms with Gasteiger partial charge < -0.3 is 4.90 Å². The lowest BCUT2D eigenvalue weighted by atomic mass is 10.1. The second-order valence-electron chi connectivity index (χ2n) is 4.98. The molecule has 0 spiro atoms. The SMILES string of the molecule is CC(C)CC(=O)N(Cc1ccsc1)C1CC1. The molecule has 0 aliphatic heterocycles. The van der Waals surface area contributed by atoms with Gasteiger partial charge in [-0.3, -0.25) is 4.79 Å². The number of hydrogen-bond donors (Lipinski definition) is 0. The Labute approximate surface area is 101 Å². The average molecular weight is 237 g/mol. The molecule has 0 atom stereocenters. The van der Waals surface area contributed by atoms with Gasteiger partial charge in [-0.15, -0.1) is 0 Å². The molecule has 1 aromatic rings. The summed E-state index contributed by atoms with van der Waals surface area (Å²) in [5.41, 5.74) is 1.27. The Morgan fingerprint density at radius 3 is 2.81 bits per heavy atom. The molecular weight excluding hydrogens is 218 g/mol. The summed E-state index contributed by atoms with van der Waals surface area (Å²) >= 11 is 1.70. The monoisotopic (exact) mass is 237 g/mol. The predicted octanol–water partition coefficient (Wildman–Crippen LogP) is 3.29. The minimum atomic E-state index is 0.323. The Morgan fingerprint density at radius 2 is 2.31 bits per heavy atom.